The molecule has 0 saturated carbocycles. The van der Waals surface area contributed by atoms with Crippen LogP contribution in [0.2, 0.25) is 0 Å². The first kappa shape index (κ1) is 17.2. The van der Waals surface area contributed by atoms with E-state index in [9.17, 15) is 9.59 Å². The maximum absolute atomic E-state index is 12.4. The van der Waals surface area contributed by atoms with Crippen LogP contribution in [0.15, 0.2) is 18.2 Å². The zero-order chi connectivity index (χ0) is 18.0. The Morgan fingerprint density at radius 3 is 2.88 bits per heavy atom. The van der Waals surface area contributed by atoms with Gasteiger partial charge in [-0.2, -0.15) is 5.10 Å². The Kier molecular flexibility index (Phi) is 4.85. The number of H-pyrrole nitrogens is 1. The van der Waals surface area contributed by atoms with Crippen LogP contribution < -0.4 is 10.6 Å². The number of aryl methyl sites for hydroxylation is 1. The molecular formula is C18H23N5O2. The van der Waals surface area contributed by atoms with Crippen molar-refractivity contribution < 1.29 is 9.59 Å². The molecule has 1 aliphatic rings. The molecule has 0 unspecified atom stereocenters. The molecule has 1 aliphatic heterocycles. The van der Waals surface area contributed by atoms with E-state index in [-0.39, 0.29) is 18.4 Å². The minimum absolute atomic E-state index is 0.0536. The van der Waals surface area contributed by atoms with Crippen LogP contribution in [-0.2, 0) is 17.8 Å². The van der Waals surface area contributed by atoms with Gasteiger partial charge in [-0.1, -0.05) is 12.1 Å². The SMILES string of the molecule is CNC(=O)c1n[nH]c2c1CN(CC(=O)Nc1cccc(C)c1C)CC2. The largest absolute Gasteiger partial charge is 0.354 e. The molecule has 1 aromatic heterocycles. The highest BCUT2D eigenvalue weighted by atomic mass is 16.2. The Labute approximate surface area is 146 Å². The summed E-state index contributed by atoms with van der Waals surface area (Å²) in [5, 5.41) is 12.6. The smallest absolute Gasteiger partial charge is 0.271 e. The highest BCUT2D eigenvalue weighted by Gasteiger charge is 2.26. The van der Waals surface area contributed by atoms with Gasteiger partial charge in [0.1, 0.15) is 0 Å². The van der Waals surface area contributed by atoms with E-state index in [2.05, 4.69) is 20.8 Å². The number of fused-ring (bicyclic) bond motifs is 1. The van der Waals surface area contributed by atoms with E-state index in [1.54, 1.807) is 7.05 Å². The van der Waals surface area contributed by atoms with Crippen LogP contribution >= 0.6 is 0 Å². The Hall–Kier alpha value is -2.67. The number of rotatable bonds is 4. The molecule has 0 spiro atoms. The van der Waals surface area contributed by atoms with E-state index in [1.807, 2.05) is 36.9 Å². The van der Waals surface area contributed by atoms with E-state index in [0.717, 1.165) is 41.0 Å². The lowest BCUT2D eigenvalue weighted by Crippen LogP contribution is -2.37. The van der Waals surface area contributed by atoms with Crippen LogP contribution in [-0.4, -0.2) is 47.0 Å². The molecular weight excluding hydrogens is 318 g/mol. The van der Waals surface area contributed by atoms with Crippen LogP contribution in [0.4, 0.5) is 5.69 Å². The third-order valence-electron chi connectivity index (χ3n) is 4.70. The fourth-order valence-electron chi connectivity index (χ4n) is 3.07. The first-order chi connectivity index (χ1) is 12.0. The van der Waals surface area contributed by atoms with Gasteiger partial charge in [0.15, 0.2) is 5.69 Å². The molecule has 0 atom stereocenters. The van der Waals surface area contributed by atoms with Gasteiger partial charge in [0, 0.05) is 43.5 Å². The van der Waals surface area contributed by atoms with E-state index in [4.69, 9.17) is 0 Å². The maximum atomic E-state index is 12.4. The lowest BCUT2D eigenvalue weighted by Gasteiger charge is -2.26. The van der Waals surface area contributed by atoms with Crippen molar-refractivity contribution in [2.45, 2.75) is 26.8 Å². The summed E-state index contributed by atoms with van der Waals surface area (Å²) in [6.45, 7) is 5.60. The van der Waals surface area contributed by atoms with E-state index in [0.29, 0.717) is 12.2 Å². The summed E-state index contributed by atoms with van der Waals surface area (Å²) in [5.74, 6) is -0.263. The molecule has 1 aromatic carbocycles. The fourth-order valence-corrected chi connectivity index (χ4v) is 3.07. The van der Waals surface area contributed by atoms with Gasteiger partial charge in [-0.15, -0.1) is 0 Å². The summed E-state index contributed by atoms with van der Waals surface area (Å²) in [4.78, 5) is 26.3. The number of nitrogens with zero attached hydrogens (tertiary/aromatic N) is 2. The van der Waals surface area contributed by atoms with Crippen LogP contribution in [0.1, 0.15) is 32.9 Å². The molecule has 3 rings (SSSR count). The van der Waals surface area contributed by atoms with Gasteiger partial charge in [-0.25, -0.2) is 0 Å². The Morgan fingerprint density at radius 1 is 1.32 bits per heavy atom. The molecule has 2 heterocycles. The van der Waals surface area contributed by atoms with Gasteiger partial charge in [0.25, 0.3) is 5.91 Å². The van der Waals surface area contributed by atoms with Gasteiger partial charge in [0.05, 0.1) is 6.54 Å². The zero-order valence-corrected chi connectivity index (χ0v) is 14.8. The fraction of sp³-hybridized carbons (Fsp3) is 0.389. The Morgan fingerprint density at radius 2 is 2.12 bits per heavy atom. The molecule has 25 heavy (non-hydrogen) atoms. The van der Waals surface area contributed by atoms with Crippen molar-refractivity contribution >= 4 is 17.5 Å². The topological polar surface area (TPSA) is 90.1 Å². The molecule has 2 aromatic rings. The lowest BCUT2D eigenvalue weighted by atomic mass is 10.0. The van der Waals surface area contributed by atoms with E-state index < -0.39 is 0 Å². The Bertz CT molecular complexity index is 812. The summed E-state index contributed by atoms with van der Waals surface area (Å²) >= 11 is 0. The number of nitrogens with one attached hydrogen (secondary N) is 3. The normalized spacial score (nSPS) is 14.0. The molecule has 0 aliphatic carbocycles. The molecule has 2 amide bonds. The Balaban J connectivity index is 1.66. The van der Waals surface area contributed by atoms with Crippen LogP contribution in [0.25, 0.3) is 0 Å². The monoisotopic (exact) mass is 341 g/mol. The second-order valence-corrected chi connectivity index (χ2v) is 6.36. The van der Waals surface area contributed by atoms with Crippen molar-refractivity contribution in [3.63, 3.8) is 0 Å². The number of aromatic nitrogens is 2. The third-order valence-corrected chi connectivity index (χ3v) is 4.70. The van der Waals surface area contributed by atoms with Crippen molar-refractivity contribution in [2.24, 2.45) is 0 Å². The lowest BCUT2D eigenvalue weighted by molar-refractivity contribution is -0.117. The molecule has 7 heteroatoms. The van der Waals surface area contributed by atoms with Crippen molar-refractivity contribution in [3.8, 4) is 0 Å². The molecule has 0 fully saturated rings. The van der Waals surface area contributed by atoms with Crippen LogP contribution in [0.5, 0.6) is 0 Å². The molecule has 0 bridgehead atoms. The highest BCUT2D eigenvalue weighted by Crippen LogP contribution is 2.21. The minimum atomic E-state index is -0.209. The molecule has 7 nitrogen and oxygen atoms in total. The number of carbonyl (C=O) groups is 2. The zero-order valence-electron chi connectivity index (χ0n) is 14.8. The number of benzene rings is 1. The van der Waals surface area contributed by atoms with E-state index >= 15 is 0 Å². The summed E-state index contributed by atoms with van der Waals surface area (Å²) in [6, 6.07) is 5.87. The molecule has 0 saturated heterocycles. The number of anilines is 1. The van der Waals surface area contributed by atoms with Gasteiger partial charge in [-0.05, 0) is 31.0 Å². The number of aromatic amines is 1. The average molecular weight is 341 g/mol. The molecule has 0 radical (unpaired) electrons. The highest BCUT2D eigenvalue weighted by molar-refractivity contribution is 5.94. The second-order valence-electron chi connectivity index (χ2n) is 6.36. The van der Waals surface area contributed by atoms with Crippen molar-refractivity contribution in [2.75, 3.05) is 25.5 Å². The van der Waals surface area contributed by atoms with Crippen molar-refractivity contribution in [1.82, 2.24) is 20.4 Å². The predicted octanol–water partition coefficient (Wildman–Crippen LogP) is 1.38. The number of hydrogen-bond donors (Lipinski definition) is 3. The van der Waals surface area contributed by atoms with Gasteiger partial charge in [0.2, 0.25) is 5.91 Å². The van der Waals surface area contributed by atoms with Gasteiger partial charge >= 0.3 is 0 Å². The molecule has 132 valence electrons. The molecule has 3 N–H and O–H groups in total. The number of carbonyl (C=O) groups excluding carboxylic acids is 2. The van der Waals surface area contributed by atoms with Crippen LogP contribution in [0.3, 0.4) is 0 Å². The summed E-state index contributed by atoms with van der Waals surface area (Å²) in [6.07, 6.45) is 0.746. The minimum Gasteiger partial charge on any atom is -0.354 e. The summed E-state index contributed by atoms with van der Waals surface area (Å²) in [7, 11) is 1.58. The average Bonchev–Trinajstić information content (AvgIpc) is 3.01. The third kappa shape index (κ3) is 3.56. The standard InChI is InChI=1S/C18H23N5O2/c1-11-5-4-6-14(12(11)2)20-16(24)10-23-8-7-15-13(9-23)17(22-21-15)18(25)19-3/h4-6H,7-10H2,1-3H3,(H,19,25)(H,20,24)(H,21,22). The number of amides is 2. The van der Waals surface area contributed by atoms with Gasteiger partial charge < -0.3 is 10.6 Å². The second kappa shape index (κ2) is 7.06. The van der Waals surface area contributed by atoms with Gasteiger partial charge in [-0.3, -0.25) is 19.6 Å². The number of hydrogen-bond acceptors (Lipinski definition) is 4. The van der Waals surface area contributed by atoms with Crippen molar-refractivity contribution in [3.05, 3.63) is 46.3 Å². The summed E-state index contributed by atoms with van der Waals surface area (Å²) < 4.78 is 0. The first-order valence-corrected chi connectivity index (χ1v) is 8.36. The summed E-state index contributed by atoms with van der Waals surface area (Å²) in [5.41, 5.74) is 5.34. The quantitative estimate of drug-likeness (QED) is 0.784. The predicted molar refractivity (Wildman–Crippen MR) is 95.5 cm³/mol. The van der Waals surface area contributed by atoms with Crippen LogP contribution in [0, 0.1) is 13.8 Å². The first-order valence-electron chi connectivity index (χ1n) is 8.36. The van der Waals surface area contributed by atoms with Crippen molar-refractivity contribution in [1.29, 1.82) is 0 Å². The maximum Gasteiger partial charge on any atom is 0.271 e. The van der Waals surface area contributed by atoms with E-state index in [1.165, 1.54) is 0 Å².